The number of hydrogen-bond acceptors (Lipinski definition) is 3. The molecule has 0 aliphatic heterocycles. The number of aromatic nitrogens is 1. The second-order valence-corrected chi connectivity index (χ2v) is 4.70. The first-order chi connectivity index (χ1) is 9.02. The quantitative estimate of drug-likeness (QED) is 0.858. The van der Waals surface area contributed by atoms with Crippen LogP contribution in [0.15, 0.2) is 30.5 Å². The van der Waals surface area contributed by atoms with Crippen LogP contribution in [0.4, 0.5) is 10.1 Å². The molecule has 0 saturated heterocycles. The van der Waals surface area contributed by atoms with E-state index in [4.69, 9.17) is 10.5 Å². The number of rotatable bonds is 3. The van der Waals surface area contributed by atoms with Gasteiger partial charge in [-0.25, -0.2) is 9.37 Å². The number of pyridine rings is 1. The van der Waals surface area contributed by atoms with E-state index >= 15 is 0 Å². The van der Waals surface area contributed by atoms with Crippen molar-refractivity contribution < 1.29 is 9.13 Å². The van der Waals surface area contributed by atoms with Gasteiger partial charge in [0.15, 0.2) is 0 Å². The normalized spacial score (nSPS) is 10.8. The predicted octanol–water partition coefficient (Wildman–Crippen LogP) is 3.60. The van der Waals surface area contributed by atoms with E-state index in [0.29, 0.717) is 17.1 Å². The SMILES string of the molecule is COc1cc(-c2cc(F)cc(C(C)C)c2N)ccn1. The molecule has 1 aromatic heterocycles. The van der Waals surface area contributed by atoms with Gasteiger partial charge in [-0.05, 0) is 35.2 Å². The molecule has 0 saturated carbocycles. The number of anilines is 1. The van der Waals surface area contributed by atoms with E-state index in [9.17, 15) is 4.39 Å². The van der Waals surface area contributed by atoms with Crippen LogP contribution in [0.5, 0.6) is 5.88 Å². The predicted molar refractivity (Wildman–Crippen MR) is 74.7 cm³/mol. The van der Waals surface area contributed by atoms with Crippen molar-refractivity contribution in [3.63, 3.8) is 0 Å². The Morgan fingerprint density at radius 3 is 2.63 bits per heavy atom. The van der Waals surface area contributed by atoms with Crippen LogP contribution in [0.1, 0.15) is 25.3 Å². The second kappa shape index (κ2) is 5.26. The maximum Gasteiger partial charge on any atom is 0.213 e. The molecular weight excluding hydrogens is 243 g/mol. The summed E-state index contributed by atoms with van der Waals surface area (Å²) in [5.41, 5.74) is 9.03. The van der Waals surface area contributed by atoms with E-state index in [-0.39, 0.29) is 11.7 Å². The fourth-order valence-electron chi connectivity index (χ4n) is 2.04. The third-order valence-electron chi connectivity index (χ3n) is 3.05. The summed E-state index contributed by atoms with van der Waals surface area (Å²) < 4.78 is 18.8. The van der Waals surface area contributed by atoms with Crippen molar-refractivity contribution >= 4 is 5.69 Å². The molecule has 2 aromatic rings. The van der Waals surface area contributed by atoms with Crippen molar-refractivity contribution in [3.8, 4) is 17.0 Å². The fraction of sp³-hybridized carbons (Fsp3) is 0.267. The highest BCUT2D eigenvalue weighted by Gasteiger charge is 2.13. The molecule has 0 fully saturated rings. The maximum absolute atomic E-state index is 13.7. The molecule has 0 aliphatic carbocycles. The molecule has 3 nitrogen and oxygen atoms in total. The van der Waals surface area contributed by atoms with Crippen molar-refractivity contribution in [1.82, 2.24) is 4.98 Å². The number of halogens is 1. The summed E-state index contributed by atoms with van der Waals surface area (Å²) in [7, 11) is 1.54. The van der Waals surface area contributed by atoms with Crippen LogP contribution in [-0.4, -0.2) is 12.1 Å². The molecule has 2 rings (SSSR count). The summed E-state index contributed by atoms with van der Waals surface area (Å²) >= 11 is 0. The number of nitrogens with zero attached hydrogens (tertiary/aromatic N) is 1. The molecule has 0 unspecified atom stereocenters. The number of nitrogen functional groups attached to an aromatic ring is 1. The van der Waals surface area contributed by atoms with Gasteiger partial charge in [0.05, 0.1) is 7.11 Å². The van der Waals surface area contributed by atoms with Crippen molar-refractivity contribution in [2.45, 2.75) is 19.8 Å². The summed E-state index contributed by atoms with van der Waals surface area (Å²) in [6, 6.07) is 6.46. The summed E-state index contributed by atoms with van der Waals surface area (Å²) in [5.74, 6) is 0.356. The highest BCUT2D eigenvalue weighted by molar-refractivity contribution is 5.79. The molecule has 0 radical (unpaired) electrons. The summed E-state index contributed by atoms with van der Waals surface area (Å²) in [5, 5.41) is 0. The van der Waals surface area contributed by atoms with Gasteiger partial charge in [-0.15, -0.1) is 0 Å². The Labute approximate surface area is 112 Å². The molecule has 1 aromatic carbocycles. The zero-order chi connectivity index (χ0) is 14.0. The minimum atomic E-state index is -0.288. The standard InChI is InChI=1S/C15H17FN2O/c1-9(2)12-7-11(16)8-13(15(12)17)10-4-5-18-14(6-10)19-3/h4-9H,17H2,1-3H3. The number of ether oxygens (including phenoxy) is 1. The third kappa shape index (κ3) is 2.67. The van der Waals surface area contributed by atoms with Crippen molar-refractivity contribution in [2.24, 2.45) is 0 Å². The zero-order valence-corrected chi connectivity index (χ0v) is 11.3. The molecule has 1 heterocycles. The van der Waals surface area contributed by atoms with Gasteiger partial charge in [-0.3, -0.25) is 0 Å². The first-order valence-electron chi connectivity index (χ1n) is 6.12. The maximum atomic E-state index is 13.7. The highest BCUT2D eigenvalue weighted by atomic mass is 19.1. The van der Waals surface area contributed by atoms with E-state index in [1.807, 2.05) is 13.8 Å². The molecule has 19 heavy (non-hydrogen) atoms. The van der Waals surface area contributed by atoms with Crippen molar-refractivity contribution in [3.05, 3.63) is 41.8 Å². The van der Waals surface area contributed by atoms with E-state index in [1.54, 1.807) is 25.4 Å². The van der Waals surface area contributed by atoms with E-state index in [0.717, 1.165) is 11.1 Å². The molecule has 0 atom stereocenters. The summed E-state index contributed by atoms with van der Waals surface area (Å²) in [4.78, 5) is 4.04. The lowest BCUT2D eigenvalue weighted by Crippen LogP contribution is -2.01. The Hall–Kier alpha value is -2.10. The van der Waals surface area contributed by atoms with Crippen molar-refractivity contribution in [2.75, 3.05) is 12.8 Å². The van der Waals surface area contributed by atoms with E-state index in [1.165, 1.54) is 12.1 Å². The molecule has 4 heteroatoms. The van der Waals surface area contributed by atoms with Crippen LogP contribution in [-0.2, 0) is 0 Å². The lowest BCUT2D eigenvalue weighted by atomic mass is 9.95. The van der Waals surface area contributed by atoms with Gasteiger partial charge in [0.2, 0.25) is 5.88 Å². The number of hydrogen-bond donors (Lipinski definition) is 1. The minimum absolute atomic E-state index is 0.165. The zero-order valence-electron chi connectivity index (χ0n) is 11.3. The van der Waals surface area contributed by atoms with Gasteiger partial charge in [0.25, 0.3) is 0 Å². The van der Waals surface area contributed by atoms with Gasteiger partial charge < -0.3 is 10.5 Å². The Balaban J connectivity index is 2.61. The fourth-order valence-corrected chi connectivity index (χ4v) is 2.04. The Morgan fingerprint density at radius 2 is 2.00 bits per heavy atom. The molecule has 2 N–H and O–H groups in total. The third-order valence-corrected chi connectivity index (χ3v) is 3.05. The van der Waals surface area contributed by atoms with Crippen LogP contribution in [0.25, 0.3) is 11.1 Å². The van der Waals surface area contributed by atoms with Crippen LogP contribution in [0.2, 0.25) is 0 Å². The Kier molecular flexibility index (Phi) is 3.69. The van der Waals surface area contributed by atoms with Gasteiger partial charge in [-0.2, -0.15) is 0 Å². The van der Waals surface area contributed by atoms with Crippen LogP contribution in [0.3, 0.4) is 0 Å². The molecule has 0 aliphatic rings. The van der Waals surface area contributed by atoms with Crippen molar-refractivity contribution in [1.29, 1.82) is 0 Å². The Morgan fingerprint density at radius 1 is 1.26 bits per heavy atom. The number of methoxy groups -OCH3 is 1. The van der Waals surface area contributed by atoms with Gasteiger partial charge >= 0.3 is 0 Å². The highest BCUT2D eigenvalue weighted by Crippen LogP contribution is 2.34. The number of benzene rings is 1. The van der Waals surface area contributed by atoms with E-state index in [2.05, 4.69) is 4.98 Å². The molecule has 0 spiro atoms. The average Bonchev–Trinajstić information content (AvgIpc) is 2.40. The molecule has 0 amide bonds. The second-order valence-electron chi connectivity index (χ2n) is 4.70. The lowest BCUT2D eigenvalue weighted by molar-refractivity contribution is 0.398. The summed E-state index contributed by atoms with van der Waals surface area (Å²) in [6.07, 6.45) is 1.62. The lowest BCUT2D eigenvalue weighted by Gasteiger charge is -2.14. The average molecular weight is 260 g/mol. The molecular formula is C15H17FN2O. The Bertz CT molecular complexity index is 597. The largest absolute Gasteiger partial charge is 0.481 e. The van der Waals surface area contributed by atoms with E-state index < -0.39 is 0 Å². The van der Waals surface area contributed by atoms with Gasteiger partial charge in [-0.1, -0.05) is 13.8 Å². The monoisotopic (exact) mass is 260 g/mol. The van der Waals surface area contributed by atoms with Crippen LogP contribution in [0, 0.1) is 5.82 Å². The van der Waals surface area contributed by atoms with Gasteiger partial charge in [0, 0.05) is 23.5 Å². The van der Waals surface area contributed by atoms with Crippen LogP contribution >= 0.6 is 0 Å². The first kappa shape index (κ1) is 13.3. The van der Waals surface area contributed by atoms with Gasteiger partial charge in [0.1, 0.15) is 5.82 Å². The minimum Gasteiger partial charge on any atom is -0.481 e. The smallest absolute Gasteiger partial charge is 0.213 e. The first-order valence-corrected chi connectivity index (χ1v) is 6.12. The molecule has 100 valence electrons. The summed E-state index contributed by atoms with van der Waals surface area (Å²) in [6.45, 7) is 3.98. The topological polar surface area (TPSA) is 48.1 Å². The van der Waals surface area contributed by atoms with Crippen LogP contribution < -0.4 is 10.5 Å². The number of nitrogens with two attached hydrogens (primary N) is 1. The molecule has 0 bridgehead atoms.